The van der Waals surface area contributed by atoms with E-state index >= 15 is 0 Å². The largest absolute Gasteiger partial charge is 0.489 e. The maximum Gasteiger partial charge on any atom is 0.222 e. The number of anilines is 2. The maximum atomic E-state index is 11.7. The van der Waals surface area contributed by atoms with Crippen LogP contribution in [0.15, 0.2) is 18.2 Å². The van der Waals surface area contributed by atoms with E-state index in [1.165, 1.54) is 0 Å². The van der Waals surface area contributed by atoms with Gasteiger partial charge in [-0.25, -0.2) is 0 Å². The number of para-hydroxylation sites is 1. The molecule has 1 amide bonds. The van der Waals surface area contributed by atoms with Crippen LogP contribution in [0.4, 0.5) is 11.4 Å². The molecule has 1 aromatic carbocycles. The lowest BCUT2D eigenvalue weighted by molar-refractivity contribution is -0.125. The van der Waals surface area contributed by atoms with Crippen LogP contribution in [-0.2, 0) is 4.79 Å². The number of benzene rings is 1. The van der Waals surface area contributed by atoms with E-state index in [0.717, 1.165) is 37.4 Å². The van der Waals surface area contributed by atoms with Crippen molar-refractivity contribution < 1.29 is 9.53 Å². The quantitative estimate of drug-likeness (QED) is 0.833. The van der Waals surface area contributed by atoms with Crippen molar-refractivity contribution in [1.29, 1.82) is 0 Å². The van der Waals surface area contributed by atoms with Gasteiger partial charge in [-0.05, 0) is 38.8 Å². The molecule has 0 unspecified atom stereocenters. The second-order valence-corrected chi connectivity index (χ2v) is 5.73. The Kier molecular flexibility index (Phi) is 4.94. The summed E-state index contributed by atoms with van der Waals surface area (Å²) in [6.07, 6.45) is 1.81. The van der Waals surface area contributed by atoms with Gasteiger partial charge in [0.05, 0.1) is 17.5 Å². The minimum absolute atomic E-state index is 0.0986. The molecular formula is C16H25N3O2. The molecule has 5 heteroatoms. The summed E-state index contributed by atoms with van der Waals surface area (Å²) in [6.45, 7) is 5.66. The van der Waals surface area contributed by atoms with E-state index in [4.69, 9.17) is 10.5 Å². The molecule has 1 aliphatic heterocycles. The number of piperidine rings is 1. The molecule has 1 saturated heterocycles. The summed E-state index contributed by atoms with van der Waals surface area (Å²) in [5.41, 5.74) is 7.93. The molecule has 5 nitrogen and oxygen atoms in total. The zero-order valence-corrected chi connectivity index (χ0v) is 13.1. The van der Waals surface area contributed by atoms with Gasteiger partial charge in [-0.3, -0.25) is 4.79 Å². The Balaban J connectivity index is 2.08. The van der Waals surface area contributed by atoms with Gasteiger partial charge in [0.1, 0.15) is 5.75 Å². The van der Waals surface area contributed by atoms with E-state index < -0.39 is 0 Å². The lowest BCUT2D eigenvalue weighted by atomic mass is 9.95. The van der Waals surface area contributed by atoms with Gasteiger partial charge in [-0.2, -0.15) is 0 Å². The highest BCUT2D eigenvalue weighted by atomic mass is 16.5. The highest BCUT2D eigenvalue weighted by Gasteiger charge is 2.25. The van der Waals surface area contributed by atoms with Crippen molar-refractivity contribution in [3.8, 4) is 5.75 Å². The average molecular weight is 291 g/mol. The number of nitrogens with one attached hydrogen (secondary N) is 1. The molecule has 0 spiro atoms. The summed E-state index contributed by atoms with van der Waals surface area (Å²) >= 11 is 0. The van der Waals surface area contributed by atoms with E-state index in [2.05, 4.69) is 10.2 Å². The molecule has 0 aromatic heterocycles. The van der Waals surface area contributed by atoms with Crippen LogP contribution in [0.3, 0.4) is 0 Å². The van der Waals surface area contributed by atoms with Crippen LogP contribution in [0.2, 0.25) is 0 Å². The number of nitrogen functional groups attached to an aromatic ring is 1. The van der Waals surface area contributed by atoms with Gasteiger partial charge < -0.3 is 20.7 Å². The molecule has 1 heterocycles. The van der Waals surface area contributed by atoms with E-state index in [1.54, 1.807) is 7.05 Å². The molecular weight excluding hydrogens is 266 g/mol. The molecule has 0 radical (unpaired) electrons. The number of carbonyl (C=O) groups excluding carboxylic acids is 1. The molecule has 1 aromatic rings. The van der Waals surface area contributed by atoms with Crippen molar-refractivity contribution in [2.75, 3.05) is 30.8 Å². The molecule has 116 valence electrons. The lowest BCUT2D eigenvalue weighted by Crippen LogP contribution is -2.39. The summed E-state index contributed by atoms with van der Waals surface area (Å²) in [5.74, 6) is 0.984. The molecule has 0 saturated carbocycles. The summed E-state index contributed by atoms with van der Waals surface area (Å²) in [6, 6.07) is 5.88. The Labute approximate surface area is 126 Å². The van der Waals surface area contributed by atoms with Crippen LogP contribution in [0.1, 0.15) is 26.7 Å². The first kappa shape index (κ1) is 15.5. The molecule has 0 bridgehead atoms. The normalized spacial score (nSPS) is 16.1. The van der Waals surface area contributed by atoms with E-state index in [-0.39, 0.29) is 17.9 Å². The Morgan fingerprint density at radius 2 is 2.05 bits per heavy atom. The first-order valence-corrected chi connectivity index (χ1v) is 7.54. The fourth-order valence-electron chi connectivity index (χ4n) is 2.75. The smallest absolute Gasteiger partial charge is 0.222 e. The second-order valence-electron chi connectivity index (χ2n) is 5.73. The molecule has 0 atom stereocenters. The number of hydrogen-bond acceptors (Lipinski definition) is 4. The summed E-state index contributed by atoms with van der Waals surface area (Å²) in [4.78, 5) is 13.9. The predicted octanol–water partition coefficient (Wildman–Crippen LogP) is 2.02. The van der Waals surface area contributed by atoms with Gasteiger partial charge >= 0.3 is 0 Å². The third kappa shape index (κ3) is 3.60. The SMILES string of the molecule is CNC(=O)C1CCN(c2cccc(OC(C)C)c2N)CC1. The predicted molar refractivity (Wildman–Crippen MR) is 85.6 cm³/mol. The highest BCUT2D eigenvalue weighted by molar-refractivity contribution is 5.79. The summed E-state index contributed by atoms with van der Waals surface area (Å²) < 4.78 is 5.74. The Morgan fingerprint density at radius 3 is 2.62 bits per heavy atom. The number of ether oxygens (including phenoxy) is 1. The molecule has 2 rings (SSSR count). The van der Waals surface area contributed by atoms with E-state index in [9.17, 15) is 4.79 Å². The maximum absolute atomic E-state index is 11.7. The van der Waals surface area contributed by atoms with Crippen molar-refractivity contribution in [3.05, 3.63) is 18.2 Å². The second kappa shape index (κ2) is 6.70. The standard InChI is InChI=1S/C16H25N3O2/c1-11(2)21-14-6-4-5-13(15(14)17)19-9-7-12(8-10-19)16(20)18-3/h4-6,11-12H,7-10,17H2,1-3H3,(H,18,20). The van der Waals surface area contributed by atoms with Crippen molar-refractivity contribution in [3.63, 3.8) is 0 Å². The monoisotopic (exact) mass is 291 g/mol. The van der Waals surface area contributed by atoms with Gasteiger partial charge in [-0.1, -0.05) is 6.07 Å². The Bertz CT molecular complexity index is 494. The van der Waals surface area contributed by atoms with Gasteiger partial charge in [0, 0.05) is 26.1 Å². The third-order valence-electron chi connectivity index (χ3n) is 3.86. The molecule has 21 heavy (non-hydrogen) atoms. The minimum Gasteiger partial charge on any atom is -0.489 e. The Morgan fingerprint density at radius 1 is 1.38 bits per heavy atom. The summed E-state index contributed by atoms with van der Waals surface area (Å²) in [7, 11) is 1.69. The van der Waals surface area contributed by atoms with Gasteiger partial charge in [0.15, 0.2) is 0 Å². The molecule has 1 fully saturated rings. The highest BCUT2D eigenvalue weighted by Crippen LogP contribution is 2.34. The first-order chi connectivity index (χ1) is 10.0. The number of rotatable bonds is 4. The van der Waals surface area contributed by atoms with Crippen LogP contribution in [0.5, 0.6) is 5.75 Å². The Hall–Kier alpha value is -1.91. The van der Waals surface area contributed by atoms with Gasteiger partial charge in [-0.15, -0.1) is 0 Å². The number of nitrogens with two attached hydrogens (primary N) is 1. The molecule has 1 aliphatic rings. The van der Waals surface area contributed by atoms with Crippen LogP contribution >= 0.6 is 0 Å². The zero-order valence-electron chi connectivity index (χ0n) is 13.1. The van der Waals surface area contributed by atoms with Crippen LogP contribution < -0.4 is 20.7 Å². The van der Waals surface area contributed by atoms with Crippen LogP contribution in [0.25, 0.3) is 0 Å². The third-order valence-corrected chi connectivity index (χ3v) is 3.86. The number of nitrogens with zero attached hydrogens (tertiary/aromatic N) is 1. The van der Waals surface area contributed by atoms with Crippen molar-refractivity contribution in [2.24, 2.45) is 5.92 Å². The van der Waals surface area contributed by atoms with Crippen molar-refractivity contribution >= 4 is 17.3 Å². The molecule has 3 N–H and O–H groups in total. The van der Waals surface area contributed by atoms with Crippen LogP contribution in [0, 0.1) is 5.92 Å². The fourth-order valence-corrected chi connectivity index (χ4v) is 2.75. The number of carbonyl (C=O) groups is 1. The summed E-state index contributed by atoms with van der Waals surface area (Å²) in [5, 5.41) is 2.73. The lowest BCUT2D eigenvalue weighted by Gasteiger charge is -2.33. The number of hydrogen-bond donors (Lipinski definition) is 2. The van der Waals surface area contributed by atoms with Crippen molar-refractivity contribution in [1.82, 2.24) is 5.32 Å². The fraction of sp³-hybridized carbons (Fsp3) is 0.562. The molecule has 0 aliphatic carbocycles. The van der Waals surface area contributed by atoms with Crippen molar-refractivity contribution in [2.45, 2.75) is 32.8 Å². The minimum atomic E-state index is 0.0986. The van der Waals surface area contributed by atoms with E-state index in [1.807, 2.05) is 32.0 Å². The topological polar surface area (TPSA) is 67.6 Å². The average Bonchev–Trinajstić information content (AvgIpc) is 2.48. The van der Waals surface area contributed by atoms with Gasteiger partial charge in [0.2, 0.25) is 5.91 Å². The zero-order chi connectivity index (χ0) is 15.4. The van der Waals surface area contributed by atoms with Crippen LogP contribution in [-0.4, -0.2) is 32.1 Å². The van der Waals surface area contributed by atoms with Gasteiger partial charge in [0.25, 0.3) is 0 Å². The first-order valence-electron chi connectivity index (χ1n) is 7.54. The number of amides is 1. The van der Waals surface area contributed by atoms with E-state index in [0.29, 0.717) is 5.69 Å².